The molecule has 1 unspecified atom stereocenters. The number of amides is 3. The van der Waals surface area contributed by atoms with Gasteiger partial charge in [0.2, 0.25) is 5.91 Å². The molecule has 1 aromatic heterocycles. The van der Waals surface area contributed by atoms with Gasteiger partial charge in [0.25, 0.3) is 5.91 Å². The van der Waals surface area contributed by atoms with Gasteiger partial charge in [-0.15, -0.1) is 0 Å². The van der Waals surface area contributed by atoms with E-state index in [9.17, 15) is 14.4 Å². The molecule has 1 aliphatic carbocycles. The number of hydrogen-bond donors (Lipinski definition) is 0. The summed E-state index contributed by atoms with van der Waals surface area (Å²) < 4.78 is 7.69. The van der Waals surface area contributed by atoms with Crippen molar-refractivity contribution in [1.82, 2.24) is 19.3 Å². The van der Waals surface area contributed by atoms with E-state index < -0.39 is 5.60 Å². The summed E-state index contributed by atoms with van der Waals surface area (Å²) in [6, 6.07) is 9.65. The lowest BCUT2D eigenvalue weighted by atomic mass is 9.84. The highest BCUT2D eigenvalue weighted by atomic mass is 16.6. The van der Waals surface area contributed by atoms with Gasteiger partial charge in [0.1, 0.15) is 5.69 Å². The van der Waals surface area contributed by atoms with Gasteiger partial charge in [-0.2, -0.15) is 0 Å². The van der Waals surface area contributed by atoms with E-state index in [1.165, 1.54) is 0 Å². The maximum Gasteiger partial charge on any atom is 0.411 e. The zero-order valence-corrected chi connectivity index (χ0v) is 16.9. The first-order valence-corrected chi connectivity index (χ1v) is 10.6. The second-order valence-corrected chi connectivity index (χ2v) is 9.01. The predicted octanol–water partition coefficient (Wildman–Crippen LogP) is 1.45. The average Bonchev–Trinajstić information content (AvgIpc) is 3.47. The van der Waals surface area contributed by atoms with Gasteiger partial charge < -0.3 is 19.1 Å². The standard InChI is InChI=1S/C22H24N4O4/c1-23-16-5-3-2-4-15(16)10-17(23)20(28)24-8-9-26-18(11-24)22(30-21(26)29)12-25(13-22)19(27)14-6-7-14/h2-5,10,14,18H,6-9,11-13H2,1H3. The quantitative estimate of drug-likeness (QED) is 0.754. The van der Waals surface area contributed by atoms with Crippen LogP contribution in [0, 0.1) is 5.92 Å². The third kappa shape index (κ3) is 2.42. The van der Waals surface area contributed by atoms with Crippen LogP contribution in [0.4, 0.5) is 4.79 Å². The molecular weight excluding hydrogens is 384 g/mol. The summed E-state index contributed by atoms with van der Waals surface area (Å²) in [6.45, 7) is 2.23. The SMILES string of the molecule is Cn1c(C(=O)N2CCN3C(=O)OC4(CN(C(=O)C5CC5)C4)C3C2)cc2ccccc21. The number of carbonyl (C=O) groups excluding carboxylic acids is 3. The molecule has 4 aliphatic rings. The lowest BCUT2D eigenvalue weighted by Gasteiger charge is -2.51. The van der Waals surface area contributed by atoms with Gasteiger partial charge in [-0.05, 0) is 25.0 Å². The van der Waals surface area contributed by atoms with Crippen molar-refractivity contribution in [2.24, 2.45) is 13.0 Å². The Kier molecular flexibility index (Phi) is 3.56. The molecule has 1 saturated carbocycles. The molecule has 0 bridgehead atoms. The smallest absolute Gasteiger partial charge is 0.411 e. The van der Waals surface area contributed by atoms with Crippen LogP contribution in [0.2, 0.25) is 0 Å². The second-order valence-electron chi connectivity index (χ2n) is 9.01. The zero-order chi connectivity index (χ0) is 20.6. The summed E-state index contributed by atoms with van der Waals surface area (Å²) in [7, 11) is 1.91. The Morgan fingerprint density at radius 1 is 1.10 bits per heavy atom. The number of para-hydroxylation sites is 1. The molecule has 2 aromatic rings. The van der Waals surface area contributed by atoms with Crippen LogP contribution in [0.25, 0.3) is 10.9 Å². The fraction of sp³-hybridized carbons (Fsp3) is 0.500. The average molecular weight is 408 g/mol. The Labute approximate surface area is 173 Å². The van der Waals surface area contributed by atoms with Gasteiger partial charge in [0.05, 0.1) is 19.1 Å². The summed E-state index contributed by atoms with van der Waals surface area (Å²) in [5.41, 5.74) is 0.978. The Bertz CT molecular complexity index is 1080. The first-order valence-electron chi connectivity index (χ1n) is 10.6. The summed E-state index contributed by atoms with van der Waals surface area (Å²) in [5, 5.41) is 1.03. The van der Waals surface area contributed by atoms with Crippen molar-refractivity contribution >= 4 is 28.8 Å². The molecule has 1 atom stereocenters. The van der Waals surface area contributed by atoms with Crippen LogP contribution in [0.15, 0.2) is 30.3 Å². The molecule has 0 N–H and O–H groups in total. The minimum absolute atomic E-state index is 0.0342. The molecule has 1 spiro atoms. The van der Waals surface area contributed by atoms with Crippen LogP contribution in [0.1, 0.15) is 23.3 Å². The number of fused-ring (bicyclic) bond motifs is 3. The molecule has 4 heterocycles. The van der Waals surface area contributed by atoms with E-state index in [4.69, 9.17) is 4.74 Å². The van der Waals surface area contributed by atoms with Crippen LogP contribution in [0.5, 0.6) is 0 Å². The van der Waals surface area contributed by atoms with E-state index in [2.05, 4.69) is 0 Å². The molecule has 6 rings (SSSR count). The third-order valence-electron chi connectivity index (χ3n) is 7.13. The molecule has 3 amide bonds. The molecule has 30 heavy (non-hydrogen) atoms. The number of nitrogens with zero attached hydrogens (tertiary/aromatic N) is 4. The third-order valence-corrected chi connectivity index (χ3v) is 7.13. The maximum atomic E-state index is 13.3. The number of aryl methyl sites for hydroxylation is 1. The molecular formula is C22H24N4O4. The lowest BCUT2D eigenvalue weighted by Crippen LogP contribution is -2.72. The normalized spacial score (nSPS) is 24.8. The van der Waals surface area contributed by atoms with Crippen molar-refractivity contribution in [2.75, 3.05) is 32.7 Å². The van der Waals surface area contributed by atoms with Crippen molar-refractivity contribution in [3.63, 3.8) is 0 Å². The van der Waals surface area contributed by atoms with Crippen molar-refractivity contribution in [3.05, 3.63) is 36.0 Å². The summed E-state index contributed by atoms with van der Waals surface area (Å²) in [4.78, 5) is 43.5. The van der Waals surface area contributed by atoms with E-state index in [0.29, 0.717) is 38.4 Å². The number of carbonyl (C=O) groups is 3. The van der Waals surface area contributed by atoms with Gasteiger partial charge in [-0.1, -0.05) is 18.2 Å². The largest absolute Gasteiger partial charge is 0.437 e. The van der Waals surface area contributed by atoms with Gasteiger partial charge in [0.15, 0.2) is 5.60 Å². The van der Waals surface area contributed by atoms with E-state index in [0.717, 1.165) is 23.7 Å². The van der Waals surface area contributed by atoms with Crippen LogP contribution in [-0.4, -0.2) is 81.5 Å². The van der Waals surface area contributed by atoms with Crippen LogP contribution >= 0.6 is 0 Å². The minimum Gasteiger partial charge on any atom is -0.437 e. The van der Waals surface area contributed by atoms with Crippen LogP contribution in [0.3, 0.4) is 0 Å². The first kappa shape index (κ1) is 17.8. The highest BCUT2D eigenvalue weighted by molar-refractivity contribution is 5.99. The molecule has 0 radical (unpaired) electrons. The van der Waals surface area contributed by atoms with Gasteiger partial charge >= 0.3 is 6.09 Å². The second kappa shape index (κ2) is 6.00. The highest BCUT2D eigenvalue weighted by Crippen LogP contribution is 2.42. The fourth-order valence-electron chi connectivity index (χ4n) is 5.21. The summed E-state index contributed by atoms with van der Waals surface area (Å²) in [5.74, 6) is 0.300. The van der Waals surface area contributed by atoms with Crippen molar-refractivity contribution < 1.29 is 19.1 Å². The minimum atomic E-state index is -0.681. The summed E-state index contributed by atoms with van der Waals surface area (Å²) in [6.07, 6.45) is 1.60. The zero-order valence-electron chi connectivity index (χ0n) is 16.9. The van der Waals surface area contributed by atoms with Crippen LogP contribution in [-0.2, 0) is 16.6 Å². The molecule has 8 nitrogen and oxygen atoms in total. The van der Waals surface area contributed by atoms with Crippen molar-refractivity contribution in [1.29, 1.82) is 0 Å². The Balaban J connectivity index is 1.23. The number of hydrogen-bond acceptors (Lipinski definition) is 4. The Morgan fingerprint density at radius 3 is 2.60 bits per heavy atom. The molecule has 4 fully saturated rings. The van der Waals surface area contributed by atoms with E-state index in [-0.39, 0.29) is 29.9 Å². The van der Waals surface area contributed by atoms with E-state index in [1.54, 1.807) is 9.80 Å². The molecule has 3 aliphatic heterocycles. The van der Waals surface area contributed by atoms with Crippen LogP contribution < -0.4 is 0 Å². The topological polar surface area (TPSA) is 75.1 Å². The van der Waals surface area contributed by atoms with Gasteiger partial charge in [0, 0.05) is 43.5 Å². The number of ether oxygens (including phenoxy) is 1. The maximum absolute atomic E-state index is 13.3. The predicted molar refractivity (Wildman–Crippen MR) is 108 cm³/mol. The monoisotopic (exact) mass is 408 g/mol. The van der Waals surface area contributed by atoms with Gasteiger partial charge in [-0.25, -0.2) is 4.79 Å². The first-order chi connectivity index (χ1) is 14.5. The highest BCUT2D eigenvalue weighted by Gasteiger charge is 2.63. The van der Waals surface area contributed by atoms with E-state index >= 15 is 0 Å². The molecule has 3 saturated heterocycles. The fourth-order valence-corrected chi connectivity index (χ4v) is 5.21. The van der Waals surface area contributed by atoms with Crippen molar-refractivity contribution in [3.8, 4) is 0 Å². The number of rotatable bonds is 2. The Hall–Kier alpha value is -3.03. The number of likely N-dealkylation sites (tertiary alicyclic amines) is 1. The lowest BCUT2D eigenvalue weighted by molar-refractivity contribution is -0.156. The molecule has 8 heteroatoms. The number of aromatic nitrogens is 1. The van der Waals surface area contributed by atoms with Crippen molar-refractivity contribution in [2.45, 2.75) is 24.5 Å². The van der Waals surface area contributed by atoms with E-state index in [1.807, 2.05) is 46.8 Å². The molecule has 156 valence electrons. The van der Waals surface area contributed by atoms with Gasteiger partial charge in [-0.3, -0.25) is 14.5 Å². The number of piperazine rings is 1. The Morgan fingerprint density at radius 2 is 1.87 bits per heavy atom. The molecule has 1 aromatic carbocycles. The number of benzene rings is 1. The summed E-state index contributed by atoms with van der Waals surface area (Å²) >= 11 is 0.